The van der Waals surface area contributed by atoms with Crippen molar-refractivity contribution in [3.05, 3.63) is 39.4 Å². The Morgan fingerprint density at radius 3 is 2.53 bits per heavy atom. The Kier molecular flexibility index (Phi) is 3.41. The zero-order chi connectivity index (χ0) is 13.0. The number of carboxylic acid groups (broad SMARTS) is 1. The lowest BCUT2D eigenvalue weighted by Crippen LogP contribution is -2.07. The van der Waals surface area contributed by atoms with Gasteiger partial charge in [0.1, 0.15) is 0 Å². The summed E-state index contributed by atoms with van der Waals surface area (Å²) >= 11 is 0. The Morgan fingerprint density at radius 2 is 2.06 bits per heavy atom. The number of rotatable bonds is 2. The first-order valence-electron chi connectivity index (χ1n) is 4.25. The van der Waals surface area contributed by atoms with Gasteiger partial charge in [-0.05, 0) is 6.07 Å². The Bertz CT molecular complexity index is 568. The van der Waals surface area contributed by atoms with Gasteiger partial charge in [-0.3, -0.25) is 14.9 Å². The third-order valence-corrected chi connectivity index (χ3v) is 1.76. The fraction of sp³-hybridized carbons (Fsp3) is 0. The molecule has 0 spiro atoms. The minimum absolute atomic E-state index is 0.134. The second kappa shape index (κ2) is 4.76. The summed E-state index contributed by atoms with van der Waals surface area (Å²) in [7, 11) is 0. The molecule has 0 radical (unpaired) electrons. The SMILES string of the molecule is NC(=O)C#Cc1cc([N+](=O)[O-])ccc1C(=O)O. The number of carboxylic acids is 1. The van der Waals surface area contributed by atoms with Crippen LogP contribution >= 0.6 is 0 Å². The number of nitro groups is 1. The van der Waals surface area contributed by atoms with Crippen LogP contribution < -0.4 is 5.73 Å². The van der Waals surface area contributed by atoms with Gasteiger partial charge in [0.2, 0.25) is 0 Å². The van der Waals surface area contributed by atoms with E-state index in [9.17, 15) is 19.7 Å². The van der Waals surface area contributed by atoms with E-state index < -0.39 is 16.8 Å². The molecule has 0 atom stereocenters. The van der Waals surface area contributed by atoms with Crippen molar-refractivity contribution in [3.8, 4) is 11.8 Å². The van der Waals surface area contributed by atoms with Crippen molar-refractivity contribution < 1.29 is 19.6 Å². The standard InChI is InChI=1S/C10H6N2O5/c11-9(13)4-1-6-5-7(12(16)17)2-3-8(6)10(14)15/h2-3,5H,(H2,11,13)(H,14,15). The molecule has 0 fully saturated rings. The number of benzene rings is 1. The van der Waals surface area contributed by atoms with Crippen LogP contribution in [0.1, 0.15) is 15.9 Å². The molecule has 1 amide bonds. The summed E-state index contributed by atoms with van der Waals surface area (Å²) in [6, 6.07) is 3.06. The number of aromatic carboxylic acids is 1. The minimum atomic E-state index is -1.30. The molecular weight excluding hydrogens is 228 g/mol. The van der Waals surface area contributed by atoms with Crippen LogP contribution in [0.25, 0.3) is 0 Å². The number of nitrogens with zero attached hydrogens (tertiary/aromatic N) is 1. The first-order valence-corrected chi connectivity index (χ1v) is 4.25. The van der Waals surface area contributed by atoms with Gasteiger partial charge in [-0.2, -0.15) is 0 Å². The van der Waals surface area contributed by atoms with Gasteiger partial charge in [-0.15, -0.1) is 0 Å². The number of non-ortho nitro benzene ring substituents is 1. The molecule has 0 aromatic heterocycles. The van der Waals surface area contributed by atoms with E-state index in [2.05, 4.69) is 5.92 Å². The van der Waals surface area contributed by atoms with Crippen molar-refractivity contribution >= 4 is 17.6 Å². The number of nitro benzene ring substituents is 1. The average molecular weight is 234 g/mol. The molecule has 1 aromatic rings. The van der Waals surface area contributed by atoms with E-state index in [1.807, 2.05) is 5.92 Å². The first kappa shape index (κ1) is 12.2. The molecular formula is C10H6N2O5. The normalized spacial score (nSPS) is 8.94. The highest BCUT2D eigenvalue weighted by Crippen LogP contribution is 2.17. The Labute approximate surface area is 95.0 Å². The van der Waals surface area contributed by atoms with E-state index in [1.165, 1.54) is 0 Å². The molecule has 0 aliphatic carbocycles. The quantitative estimate of drug-likeness (QED) is 0.427. The molecule has 7 heteroatoms. The number of carbonyl (C=O) groups is 2. The topological polar surface area (TPSA) is 124 Å². The number of primary amides is 1. The zero-order valence-corrected chi connectivity index (χ0v) is 8.34. The lowest BCUT2D eigenvalue weighted by molar-refractivity contribution is -0.384. The second-order valence-electron chi connectivity index (χ2n) is 2.91. The van der Waals surface area contributed by atoms with E-state index in [4.69, 9.17) is 10.8 Å². The maximum atomic E-state index is 10.8. The van der Waals surface area contributed by atoms with E-state index >= 15 is 0 Å². The van der Waals surface area contributed by atoms with Gasteiger partial charge in [0.05, 0.1) is 10.5 Å². The summed E-state index contributed by atoms with van der Waals surface area (Å²) in [5.41, 5.74) is 4.09. The van der Waals surface area contributed by atoms with Crippen LogP contribution in [0.2, 0.25) is 0 Å². The van der Waals surface area contributed by atoms with Gasteiger partial charge in [0.25, 0.3) is 11.6 Å². The Balaban J connectivity index is 3.37. The fourth-order valence-electron chi connectivity index (χ4n) is 1.06. The second-order valence-corrected chi connectivity index (χ2v) is 2.91. The average Bonchev–Trinajstić information content (AvgIpc) is 2.25. The summed E-state index contributed by atoms with van der Waals surface area (Å²) in [4.78, 5) is 31.0. The van der Waals surface area contributed by atoms with Crippen LogP contribution in [0.5, 0.6) is 0 Å². The van der Waals surface area contributed by atoms with Crippen LogP contribution in [0, 0.1) is 22.0 Å². The predicted molar refractivity (Wildman–Crippen MR) is 56.1 cm³/mol. The monoisotopic (exact) mass is 234 g/mol. The Morgan fingerprint density at radius 1 is 1.41 bits per heavy atom. The minimum Gasteiger partial charge on any atom is -0.478 e. The van der Waals surface area contributed by atoms with Crippen molar-refractivity contribution in [3.63, 3.8) is 0 Å². The number of hydrogen-bond donors (Lipinski definition) is 2. The highest BCUT2D eigenvalue weighted by molar-refractivity contribution is 5.95. The van der Waals surface area contributed by atoms with Crippen molar-refractivity contribution in [2.75, 3.05) is 0 Å². The van der Waals surface area contributed by atoms with Crippen molar-refractivity contribution in [1.82, 2.24) is 0 Å². The zero-order valence-electron chi connectivity index (χ0n) is 8.34. The smallest absolute Gasteiger partial charge is 0.336 e. The molecule has 0 heterocycles. The van der Waals surface area contributed by atoms with Crippen LogP contribution in [-0.4, -0.2) is 21.9 Å². The van der Waals surface area contributed by atoms with Gasteiger partial charge >= 0.3 is 5.97 Å². The number of carbonyl (C=O) groups excluding carboxylic acids is 1. The summed E-state index contributed by atoms with van der Waals surface area (Å²) in [6.07, 6.45) is 0. The molecule has 0 unspecified atom stereocenters. The lowest BCUT2D eigenvalue weighted by Gasteiger charge is -1.98. The van der Waals surface area contributed by atoms with Crippen LogP contribution in [0.4, 0.5) is 5.69 Å². The molecule has 1 rings (SSSR count). The molecule has 0 aliphatic rings. The number of hydrogen-bond acceptors (Lipinski definition) is 4. The van der Waals surface area contributed by atoms with Gasteiger partial charge in [-0.1, -0.05) is 5.92 Å². The maximum Gasteiger partial charge on any atom is 0.336 e. The first-order chi connectivity index (χ1) is 7.91. The van der Waals surface area contributed by atoms with Crippen molar-refractivity contribution in [1.29, 1.82) is 0 Å². The summed E-state index contributed by atoms with van der Waals surface area (Å²) < 4.78 is 0. The number of nitrogens with two attached hydrogens (primary N) is 1. The van der Waals surface area contributed by atoms with Crippen LogP contribution in [0.15, 0.2) is 18.2 Å². The molecule has 17 heavy (non-hydrogen) atoms. The van der Waals surface area contributed by atoms with E-state index in [0.717, 1.165) is 18.2 Å². The van der Waals surface area contributed by atoms with Gasteiger partial charge in [0, 0.05) is 23.6 Å². The molecule has 7 nitrogen and oxygen atoms in total. The third kappa shape index (κ3) is 3.04. The summed E-state index contributed by atoms with van der Waals surface area (Å²) in [5.74, 6) is 1.86. The third-order valence-electron chi connectivity index (χ3n) is 1.76. The number of amides is 1. The van der Waals surface area contributed by atoms with Crippen LogP contribution in [-0.2, 0) is 4.79 Å². The molecule has 0 bridgehead atoms. The Hall–Kier alpha value is -2.88. The maximum absolute atomic E-state index is 10.8. The van der Waals surface area contributed by atoms with Gasteiger partial charge < -0.3 is 10.8 Å². The van der Waals surface area contributed by atoms with Crippen LogP contribution in [0.3, 0.4) is 0 Å². The summed E-state index contributed by atoms with van der Waals surface area (Å²) in [5, 5.41) is 19.3. The largest absolute Gasteiger partial charge is 0.478 e. The molecule has 3 N–H and O–H groups in total. The predicted octanol–water partition coefficient (Wildman–Crippen LogP) is 0.130. The van der Waals surface area contributed by atoms with Crippen molar-refractivity contribution in [2.45, 2.75) is 0 Å². The molecule has 0 saturated heterocycles. The molecule has 1 aromatic carbocycles. The molecule has 86 valence electrons. The van der Waals surface area contributed by atoms with E-state index in [1.54, 1.807) is 0 Å². The molecule has 0 saturated carbocycles. The van der Waals surface area contributed by atoms with E-state index in [0.29, 0.717) is 0 Å². The lowest BCUT2D eigenvalue weighted by atomic mass is 10.1. The molecule has 0 aliphatic heterocycles. The van der Waals surface area contributed by atoms with Gasteiger partial charge in [-0.25, -0.2) is 4.79 Å². The van der Waals surface area contributed by atoms with Gasteiger partial charge in [0.15, 0.2) is 0 Å². The highest BCUT2D eigenvalue weighted by Gasteiger charge is 2.13. The fourth-order valence-corrected chi connectivity index (χ4v) is 1.06. The van der Waals surface area contributed by atoms with E-state index in [-0.39, 0.29) is 16.8 Å². The van der Waals surface area contributed by atoms with Crippen molar-refractivity contribution in [2.24, 2.45) is 5.73 Å². The highest BCUT2D eigenvalue weighted by atomic mass is 16.6. The summed E-state index contributed by atoms with van der Waals surface area (Å²) in [6.45, 7) is 0.